The van der Waals surface area contributed by atoms with E-state index in [1.807, 2.05) is 25.2 Å². The Kier molecular flexibility index (Phi) is 2.41. The Morgan fingerprint density at radius 3 is 3.00 bits per heavy atom. The first-order valence-electron chi connectivity index (χ1n) is 6.43. The van der Waals surface area contributed by atoms with E-state index >= 15 is 0 Å². The average Bonchev–Trinajstić information content (AvgIpc) is 3.11. The molecule has 4 rings (SSSR count). The largest absolute Gasteiger partial charge is 0.480 e. The lowest BCUT2D eigenvalue weighted by Crippen LogP contribution is -1.93. The number of ether oxygens (including phenoxy) is 1. The van der Waals surface area contributed by atoms with Gasteiger partial charge < -0.3 is 4.74 Å². The monoisotopic (exact) mass is 280 g/mol. The first-order chi connectivity index (χ1) is 10.3. The molecule has 0 bridgehead atoms. The molecule has 1 N–H and O–H groups in total. The Bertz CT molecular complexity index is 955. The van der Waals surface area contributed by atoms with Crippen LogP contribution in [0.4, 0.5) is 0 Å². The summed E-state index contributed by atoms with van der Waals surface area (Å²) in [6.07, 6.45) is 3.27. The summed E-state index contributed by atoms with van der Waals surface area (Å²) in [4.78, 5) is 8.45. The summed E-state index contributed by atoms with van der Waals surface area (Å²) in [6.45, 7) is 0. The van der Waals surface area contributed by atoms with E-state index in [9.17, 15) is 0 Å². The first-order valence-corrected chi connectivity index (χ1v) is 6.43. The standard InChI is InChI=1S/C14H12N6O/c1-20-13-11(14(21-2)16-7-15-13)12(19-20)8-3-4-9-6-17-18-10(9)5-8/h3-7H,1-2H3,(H,17,18). The van der Waals surface area contributed by atoms with Crippen LogP contribution in [0.3, 0.4) is 0 Å². The van der Waals surface area contributed by atoms with E-state index < -0.39 is 0 Å². The van der Waals surface area contributed by atoms with Crippen molar-refractivity contribution >= 4 is 21.9 Å². The molecule has 1 aromatic carbocycles. The normalized spacial score (nSPS) is 11.3. The zero-order valence-electron chi connectivity index (χ0n) is 11.5. The lowest BCUT2D eigenvalue weighted by Gasteiger charge is -2.02. The Balaban J connectivity index is 2.05. The molecule has 0 amide bonds. The second kappa shape index (κ2) is 4.27. The molecule has 0 fully saturated rings. The third kappa shape index (κ3) is 1.67. The van der Waals surface area contributed by atoms with Gasteiger partial charge in [0.2, 0.25) is 5.88 Å². The van der Waals surface area contributed by atoms with Crippen LogP contribution in [0, 0.1) is 0 Å². The number of aromatic amines is 1. The maximum absolute atomic E-state index is 5.35. The van der Waals surface area contributed by atoms with Gasteiger partial charge >= 0.3 is 0 Å². The minimum atomic E-state index is 0.521. The number of methoxy groups -OCH3 is 1. The summed E-state index contributed by atoms with van der Waals surface area (Å²) in [6, 6.07) is 6.02. The number of fused-ring (bicyclic) bond motifs is 2. The summed E-state index contributed by atoms with van der Waals surface area (Å²) >= 11 is 0. The number of benzene rings is 1. The molecule has 0 aliphatic carbocycles. The molecular weight excluding hydrogens is 268 g/mol. The number of rotatable bonds is 2. The third-order valence-electron chi connectivity index (χ3n) is 3.49. The Labute approximate surface area is 119 Å². The molecule has 3 aromatic heterocycles. The van der Waals surface area contributed by atoms with Crippen molar-refractivity contribution in [2.75, 3.05) is 7.11 Å². The molecule has 0 spiro atoms. The minimum absolute atomic E-state index is 0.521. The van der Waals surface area contributed by atoms with Gasteiger partial charge in [-0.3, -0.25) is 5.10 Å². The number of hydrogen-bond donors (Lipinski definition) is 1. The van der Waals surface area contributed by atoms with Gasteiger partial charge in [0, 0.05) is 18.0 Å². The first kappa shape index (κ1) is 11.8. The van der Waals surface area contributed by atoms with Crippen LogP contribution in [0.25, 0.3) is 33.2 Å². The van der Waals surface area contributed by atoms with Gasteiger partial charge in [0.25, 0.3) is 0 Å². The van der Waals surface area contributed by atoms with E-state index in [2.05, 4.69) is 25.3 Å². The molecule has 0 aliphatic heterocycles. The van der Waals surface area contributed by atoms with Crippen LogP contribution < -0.4 is 4.74 Å². The van der Waals surface area contributed by atoms with Gasteiger partial charge in [0.05, 0.1) is 18.8 Å². The summed E-state index contributed by atoms with van der Waals surface area (Å²) in [7, 11) is 3.45. The lowest BCUT2D eigenvalue weighted by atomic mass is 10.1. The van der Waals surface area contributed by atoms with Gasteiger partial charge in [0.1, 0.15) is 17.4 Å². The van der Waals surface area contributed by atoms with Gasteiger partial charge in [-0.25, -0.2) is 14.6 Å². The number of nitrogens with one attached hydrogen (secondary N) is 1. The minimum Gasteiger partial charge on any atom is -0.480 e. The quantitative estimate of drug-likeness (QED) is 0.606. The molecular formula is C14H12N6O. The molecule has 7 heteroatoms. The van der Waals surface area contributed by atoms with Crippen molar-refractivity contribution in [3.05, 3.63) is 30.7 Å². The number of aromatic nitrogens is 6. The lowest BCUT2D eigenvalue weighted by molar-refractivity contribution is 0.402. The van der Waals surface area contributed by atoms with E-state index in [1.54, 1.807) is 18.0 Å². The molecule has 7 nitrogen and oxygen atoms in total. The van der Waals surface area contributed by atoms with Crippen molar-refractivity contribution in [2.45, 2.75) is 0 Å². The van der Waals surface area contributed by atoms with Crippen molar-refractivity contribution < 1.29 is 4.74 Å². The summed E-state index contributed by atoms with van der Waals surface area (Å²) in [5.74, 6) is 0.521. The average molecular weight is 280 g/mol. The fourth-order valence-corrected chi connectivity index (χ4v) is 2.50. The molecule has 0 unspecified atom stereocenters. The maximum Gasteiger partial charge on any atom is 0.228 e. The molecule has 0 saturated carbocycles. The van der Waals surface area contributed by atoms with Crippen LogP contribution in [0.1, 0.15) is 0 Å². The fraction of sp³-hybridized carbons (Fsp3) is 0.143. The van der Waals surface area contributed by atoms with Crippen molar-refractivity contribution in [1.82, 2.24) is 29.9 Å². The highest BCUT2D eigenvalue weighted by Crippen LogP contribution is 2.32. The molecule has 0 aliphatic rings. The molecule has 104 valence electrons. The summed E-state index contributed by atoms with van der Waals surface area (Å²) in [5, 5.41) is 13.4. The van der Waals surface area contributed by atoms with Gasteiger partial charge in [-0.15, -0.1) is 0 Å². The highest BCUT2D eigenvalue weighted by Gasteiger charge is 2.17. The van der Waals surface area contributed by atoms with Crippen LogP contribution in [0.15, 0.2) is 30.7 Å². The van der Waals surface area contributed by atoms with E-state index in [0.29, 0.717) is 5.88 Å². The Hall–Kier alpha value is -2.96. The Morgan fingerprint density at radius 2 is 2.14 bits per heavy atom. The van der Waals surface area contributed by atoms with Crippen molar-refractivity contribution in [2.24, 2.45) is 7.05 Å². The SMILES string of the molecule is COc1ncnc2c1c(-c1ccc3cn[nH]c3c1)nn2C. The van der Waals surface area contributed by atoms with Crippen LogP contribution in [-0.4, -0.2) is 37.1 Å². The van der Waals surface area contributed by atoms with E-state index in [-0.39, 0.29) is 0 Å². The van der Waals surface area contributed by atoms with Crippen molar-refractivity contribution in [3.63, 3.8) is 0 Å². The number of aryl methyl sites for hydroxylation is 1. The topological polar surface area (TPSA) is 81.5 Å². The van der Waals surface area contributed by atoms with Gasteiger partial charge in [-0.05, 0) is 6.07 Å². The van der Waals surface area contributed by atoms with Gasteiger partial charge in [-0.1, -0.05) is 12.1 Å². The molecule has 0 saturated heterocycles. The van der Waals surface area contributed by atoms with Crippen molar-refractivity contribution in [1.29, 1.82) is 0 Å². The molecule has 21 heavy (non-hydrogen) atoms. The van der Waals surface area contributed by atoms with Crippen molar-refractivity contribution in [3.8, 4) is 17.1 Å². The zero-order valence-corrected chi connectivity index (χ0v) is 11.5. The predicted molar refractivity (Wildman–Crippen MR) is 77.9 cm³/mol. The van der Waals surface area contributed by atoms with Gasteiger partial charge in [-0.2, -0.15) is 10.2 Å². The highest BCUT2D eigenvalue weighted by atomic mass is 16.5. The molecule has 3 heterocycles. The van der Waals surface area contributed by atoms with E-state index in [0.717, 1.165) is 33.2 Å². The molecule has 0 radical (unpaired) electrons. The van der Waals surface area contributed by atoms with E-state index in [1.165, 1.54) is 6.33 Å². The second-order valence-corrected chi connectivity index (χ2v) is 4.73. The third-order valence-corrected chi connectivity index (χ3v) is 3.49. The number of nitrogens with zero attached hydrogens (tertiary/aromatic N) is 5. The maximum atomic E-state index is 5.35. The second-order valence-electron chi connectivity index (χ2n) is 4.73. The van der Waals surface area contributed by atoms with Crippen LogP contribution in [-0.2, 0) is 7.05 Å². The zero-order chi connectivity index (χ0) is 14.4. The predicted octanol–water partition coefficient (Wildman–Crippen LogP) is 1.92. The highest BCUT2D eigenvalue weighted by molar-refractivity contribution is 5.96. The van der Waals surface area contributed by atoms with Crippen LogP contribution >= 0.6 is 0 Å². The van der Waals surface area contributed by atoms with Crippen LogP contribution in [0.2, 0.25) is 0 Å². The van der Waals surface area contributed by atoms with Crippen LogP contribution in [0.5, 0.6) is 5.88 Å². The fourth-order valence-electron chi connectivity index (χ4n) is 2.50. The molecule has 0 atom stereocenters. The summed E-state index contributed by atoms with van der Waals surface area (Å²) < 4.78 is 7.08. The summed E-state index contributed by atoms with van der Waals surface area (Å²) in [5.41, 5.74) is 3.45. The van der Waals surface area contributed by atoms with Gasteiger partial charge in [0.15, 0.2) is 5.65 Å². The molecule has 4 aromatic rings. The smallest absolute Gasteiger partial charge is 0.228 e. The Morgan fingerprint density at radius 1 is 1.24 bits per heavy atom. The number of hydrogen-bond acceptors (Lipinski definition) is 5. The van der Waals surface area contributed by atoms with E-state index in [4.69, 9.17) is 4.74 Å². The number of H-pyrrole nitrogens is 1.